The molecule has 1 aromatic carbocycles. The maximum atomic E-state index is 6.25. The fourth-order valence-corrected chi connectivity index (χ4v) is 3.40. The second kappa shape index (κ2) is 10.5. The molecule has 0 unspecified atom stereocenters. The third-order valence-electron chi connectivity index (χ3n) is 4.05. The number of benzene rings is 1. The zero-order valence-corrected chi connectivity index (χ0v) is 14.2. The molecule has 1 rings (SSSR count). The van der Waals surface area contributed by atoms with E-state index in [2.05, 4.69) is 37.3 Å². The Labute approximate surface area is 134 Å². The van der Waals surface area contributed by atoms with Gasteiger partial charge in [0.1, 0.15) is 0 Å². The van der Waals surface area contributed by atoms with Crippen LogP contribution in [0.1, 0.15) is 57.4 Å². The summed E-state index contributed by atoms with van der Waals surface area (Å²) in [6, 6.07) is 10.6. The van der Waals surface area contributed by atoms with Crippen molar-refractivity contribution in [2.75, 3.05) is 11.8 Å². The number of hydrogen-bond acceptors (Lipinski definition) is 0. The van der Waals surface area contributed by atoms with Crippen molar-refractivity contribution in [3.05, 3.63) is 35.9 Å². The first-order valence-electron chi connectivity index (χ1n) is 7.92. The molecule has 0 spiro atoms. The molecule has 0 aliphatic carbocycles. The molecular formula is C18H28Cl2. The van der Waals surface area contributed by atoms with Gasteiger partial charge in [-0.3, -0.25) is 0 Å². The van der Waals surface area contributed by atoms with E-state index in [1.807, 2.05) is 0 Å². The minimum absolute atomic E-state index is 0.0647. The van der Waals surface area contributed by atoms with Crippen molar-refractivity contribution in [1.82, 2.24) is 0 Å². The summed E-state index contributed by atoms with van der Waals surface area (Å²) in [7, 11) is 0. The Bertz CT molecular complexity index is 331. The molecule has 20 heavy (non-hydrogen) atoms. The van der Waals surface area contributed by atoms with Gasteiger partial charge in [0.15, 0.2) is 0 Å². The van der Waals surface area contributed by atoms with Gasteiger partial charge in [0.05, 0.1) is 0 Å². The van der Waals surface area contributed by atoms with Crippen LogP contribution in [-0.2, 0) is 6.42 Å². The van der Waals surface area contributed by atoms with Crippen molar-refractivity contribution in [3.63, 3.8) is 0 Å². The van der Waals surface area contributed by atoms with Gasteiger partial charge in [0.2, 0.25) is 0 Å². The van der Waals surface area contributed by atoms with E-state index >= 15 is 0 Å². The van der Waals surface area contributed by atoms with Crippen molar-refractivity contribution < 1.29 is 0 Å². The first-order valence-corrected chi connectivity index (χ1v) is 8.99. The van der Waals surface area contributed by atoms with Crippen LogP contribution in [0.15, 0.2) is 30.3 Å². The topological polar surface area (TPSA) is 0 Å². The fourth-order valence-electron chi connectivity index (χ4n) is 2.66. The van der Waals surface area contributed by atoms with E-state index in [1.54, 1.807) is 0 Å². The van der Waals surface area contributed by atoms with E-state index in [1.165, 1.54) is 44.1 Å². The molecule has 2 heteroatoms. The molecule has 0 aliphatic heterocycles. The van der Waals surface area contributed by atoms with Gasteiger partial charge in [0, 0.05) is 17.2 Å². The van der Waals surface area contributed by atoms with Crippen LogP contribution in [0.25, 0.3) is 0 Å². The fraction of sp³-hybridized carbons (Fsp3) is 0.667. The Morgan fingerprint density at radius 2 is 1.45 bits per heavy atom. The highest BCUT2D eigenvalue weighted by Crippen LogP contribution is 2.33. The Balaban J connectivity index is 2.41. The maximum absolute atomic E-state index is 6.25. The summed E-state index contributed by atoms with van der Waals surface area (Å²) in [5, 5.41) is 0. The highest BCUT2D eigenvalue weighted by atomic mass is 35.5. The average Bonchev–Trinajstić information content (AvgIpc) is 2.50. The number of hydrogen-bond donors (Lipinski definition) is 0. The lowest BCUT2D eigenvalue weighted by molar-refractivity contribution is 0.327. The van der Waals surface area contributed by atoms with Crippen LogP contribution in [0.3, 0.4) is 0 Å². The van der Waals surface area contributed by atoms with E-state index in [0.29, 0.717) is 11.8 Å². The zero-order valence-electron chi connectivity index (χ0n) is 12.7. The zero-order chi connectivity index (χ0) is 14.7. The smallest absolute Gasteiger partial charge is 0.0294 e. The van der Waals surface area contributed by atoms with Crippen molar-refractivity contribution >= 4 is 23.2 Å². The molecule has 0 amide bonds. The molecule has 0 nitrogen and oxygen atoms in total. The van der Waals surface area contributed by atoms with Gasteiger partial charge in [-0.05, 0) is 18.4 Å². The van der Waals surface area contributed by atoms with Crippen LogP contribution in [-0.4, -0.2) is 11.8 Å². The lowest BCUT2D eigenvalue weighted by Gasteiger charge is -2.30. The van der Waals surface area contributed by atoms with Crippen LogP contribution in [0, 0.1) is 5.41 Å². The van der Waals surface area contributed by atoms with Crippen molar-refractivity contribution in [2.45, 2.75) is 58.3 Å². The summed E-state index contributed by atoms with van der Waals surface area (Å²) < 4.78 is 0. The van der Waals surface area contributed by atoms with Gasteiger partial charge < -0.3 is 0 Å². The molecule has 0 fully saturated rings. The maximum Gasteiger partial charge on any atom is 0.0294 e. The number of halogens is 2. The van der Waals surface area contributed by atoms with Crippen molar-refractivity contribution in [1.29, 1.82) is 0 Å². The van der Waals surface area contributed by atoms with Crippen molar-refractivity contribution in [2.24, 2.45) is 5.41 Å². The minimum atomic E-state index is 0.0647. The van der Waals surface area contributed by atoms with Gasteiger partial charge in [-0.1, -0.05) is 75.8 Å². The third-order valence-corrected chi connectivity index (χ3v) is 5.18. The van der Waals surface area contributed by atoms with Crippen LogP contribution in [0.5, 0.6) is 0 Å². The number of rotatable bonds is 11. The quantitative estimate of drug-likeness (QED) is 0.325. The van der Waals surface area contributed by atoms with Crippen LogP contribution >= 0.6 is 23.2 Å². The lowest BCUT2D eigenvalue weighted by Crippen LogP contribution is -2.28. The van der Waals surface area contributed by atoms with Gasteiger partial charge in [-0.25, -0.2) is 0 Å². The summed E-state index contributed by atoms with van der Waals surface area (Å²) in [5.41, 5.74) is 1.41. The van der Waals surface area contributed by atoms with E-state index < -0.39 is 0 Å². The molecule has 0 heterocycles. The number of alkyl halides is 2. The van der Waals surface area contributed by atoms with Gasteiger partial charge in [-0.15, -0.1) is 23.2 Å². The molecule has 0 N–H and O–H groups in total. The van der Waals surface area contributed by atoms with Crippen LogP contribution in [0.2, 0.25) is 0 Å². The molecule has 0 aromatic heterocycles. The molecule has 0 saturated carbocycles. The molecule has 0 atom stereocenters. The van der Waals surface area contributed by atoms with E-state index in [0.717, 1.165) is 12.8 Å². The van der Waals surface area contributed by atoms with Gasteiger partial charge in [0.25, 0.3) is 0 Å². The largest absolute Gasteiger partial charge is 0.126 e. The molecule has 114 valence electrons. The first-order chi connectivity index (χ1) is 9.76. The monoisotopic (exact) mass is 314 g/mol. The third kappa shape index (κ3) is 6.50. The Hall–Kier alpha value is -0.200. The summed E-state index contributed by atoms with van der Waals surface area (Å²) in [5.74, 6) is 1.31. The summed E-state index contributed by atoms with van der Waals surface area (Å²) in [6.45, 7) is 2.26. The van der Waals surface area contributed by atoms with Crippen molar-refractivity contribution in [3.8, 4) is 0 Å². The molecular weight excluding hydrogens is 287 g/mol. The SMILES string of the molecule is CCCCCCCCC(CCl)(CCl)Cc1ccccc1. The molecule has 0 saturated heterocycles. The second-order valence-electron chi connectivity index (χ2n) is 5.95. The Morgan fingerprint density at radius 3 is 2.05 bits per heavy atom. The van der Waals surface area contributed by atoms with E-state index in [9.17, 15) is 0 Å². The normalized spacial score (nSPS) is 11.8. The highest BCUT2D eigenvalue weighted by Gasteiger charge is 2.28. The van der Waals surface area contributed by atoms with Crippen LogP contribution < -0.4 is 0 Å². The van der Waals surface area contributed by atoms with E-state index in [-0.39, 0.29) is 5.41 Å². The van der Waals surface area contributed by atoms with Gasteiger partial charge >= 0.3 is 0 Å². The summed E-state index contributed by atoms with van der Waals surface area (Å²) in [6.07, 6.45) is 10.1. The predicted octanol–water partition coefficient (Wildman–Crippen LogP) is 6.44. The summed E-state index contributed by atoms with van der Waals surface area (Å²) >= 11 is 12.5. The molecule has 0 aliphatic rings. The highest BCUT2D eigenvalue weighted by molar-refractivity contribution is 6.21. The van der Waals surface area contributed by atoms with Gasteiger partial charge in [-0.2, -0.15) is 0 Å². The van der Waals surface area contributed by atoms with E-state index in [4.69, 9.17) is 23.2 Å². The first kappa shape index (κ1) is 17.9. The average molecular weight is 315 g/mol. The second-order valence-corrected chi connectivity index (χ2v) is 6.48. The summed E-state index contributed by atoms with van der Waals surface area (Å²) in [4.78, 5) is 0. The number of unbranched alkanes of at least 4 members (excludes halogenated alkanes) is 5. The van der Waals surface area contributed by atoms with Crippen LogP contribution in [0.4, 0.5) is 0 Å². The lowest BCUT2D eigenvalue weighted by atomic mass is 9.80. The standard InChI is InChI=1S/C18H28Cl2/c1-2-3-4-5-6-10-13-18(15-19,16-20)14-17-11-8-7-9-12-17/h7-9,11-12H,2-6,10,13-16H2,1H3. The molecule has 0 bridgehead atoms. The Morgan fingerprint density at radius 1 is 0.850 bits per heavy atom. The Kier molecular flexibility index (Phi) is 9.39. The predicted molar refractivity (Wildman–Crippen MR) is 92.0 cm³/mol. The minimum Gasteiger partial charge on any atom is -0.126 e. The molecule has 0 radical (unpaired) electrons. The molecule has 1 aromatic rings.